The van der Waals surface area contributed by atoms with Crippen LogP contribution in [0.3, 0.4) is 0 Å². The van der Waals surface area contributed by atoms with Crippen LogP contribution in [-0.2, 0) is 10.9 Å². The highest BCUT2D eigenvalue weighted by atomic mass is 19.4. The van der Waals surface area contributed by atoms with E-state index < -0.39 is 17.9 Å². The van der Waals surface area contributed by atoms with Crippen LogP contribution in [0.2, 0.25) is 0 Å². The Labute approximate surface area is 89.1 Å². The quantitative estimate of drug-likeness (QED) is 0.445. The zero-order chi connectivity index (χ0) is 12.2. The van der Waals surface area contributed by atoms with E-state index in [9.17, 15) is 18.0 Å². The van der Waals surface area contributed by atoms with Gasteiger partial charge in [-0.3, -0.25) is 0 Å². The Morgan fingerprint density at radius 1 is 1.38 bits per heavy atom. The van der Waals surface area contributed by atoms with E-state index in [0.717, 1.165) is 18.4 Å². The molecule has 0 heterocycles. The van der Waals surface area contributed by atoms with Crippen LogP contribution in [0, 0.1) is 0 Å². The van der Waals surface area contributed by atoms with Crippen molar-refractivity contribution in [2.45, 2.75) is 6.18 Å². The number of halogens is 3. The van der Waals surface area contributed by atoms with Crippen molar-refractivity contribution < 1.29 is 27.4 Å². The number of benzene rings is 1. The van der Waals surface area contributed by atoms with E-state index in [1.807, 2.05) is 0 Å². The number of carbonyl (C=O) groups is 1. The topological polar surface area (TPSA) is 35.5 Å². The summed E-state index contributed by atoms with van der Waals surface area (Å²) in [4.78, 5) is 10.8. The minimum Gasteiger partial charge on any atom is -0.403 e. The molecule has 1 aromatic carbocycles. The Balaban J connectivity index is 2.83. The van der Waals surface area contributed by atoms with Gasteiger partial charge in [0.15, 0.2) is 0 Å². The first-order chi connectivity index (χ1) is 7.43. The lowest BCUT2D eigenvalue weighted by molar-refractivity contribution is -0.137. The standard InChI is InChI=1S/C10H7F3O3/c1-2-15-9(14)16-8-5-3-4-7(6-8)10(11,12)13/h2-6H,1H2. The zero-order valence-corrected chi connectivity index (χ0v) is 7.95. The third kappa shape index (κ3) is 3.30. The van der Waals surface area contributed by atoms with Gasteiger partial charge in [-0.1, -0.05) is 12.6 Å². The molecule has 0 spiro atoms. The predicted molar refractivity (Wildman–Crippen MR) is 48.8 cm³/mol. The molecule has 0 fully saturated rings. The van der Waals surface area contributed by atoms with E-state index >= 15 is 0 Å². The lowest BCUT2D eigenvalue weighted by Gasteiger charge is -2.08. The van der Waals surface area contributed by atoms with E-state index in [2.05, 4.69) is 16.1 Å². The molecule has 0 unspecified atom stereocenters. The number of alkyl halides is 3. The van der Waals surface area contributed by atoms with Crippen molar-refractivity contribution in [1.29, 1.82) is 0 Å². The van der Waals surface area contributed by atoms with Gasteiger partial charge in [0.1, 0.15) is 5.75 Å². The van der Waals surface area contributed by atoms with Crippen molar-refractivity contribution in [2.24, 2.45) is 0 Å². The van der Waals surface area contributed by atoms with Crippen LogP contribution in [0.4, 0.5) is 18.0 Å². The number of hydrogen-bond donors (Lipinski definition) is 0. The van der Waals surface area contributed by atoms with Gasteiger partial charge in [-0.05, 0) is 18.2 Å². The van der Waals surface area contributed by atoms with Crippen molar-refractivity contribution in [1.82, 2.24) is 0 Å². The highest BCUT2D eigenvalue weighted by Crippen LogP contribution is 2.31. The average molecular weight is 232 g/mol. The molecule has 0 atom stereocenters. The molecule has 0 radical (unpaired) electrons. The van der Waals surface area contributed by atoms with Gasteiger partial charge in [0.25, 0.3) is 0 Å². The second-order valence-corrected chi connectivity index (χ2v) is 2.66. The minimum atomic E-state index is -4.48. The SMILES string of the molecule is C=COC(=O)Oc1cccc(C(F)(F)F)c1. The van der Waals surface area contributed by atoms with Gasteiger partial charge in [-0.25, -0.2) is 4.79 Å². The van der Waals surface area contributed by atoms with E-state index in [-0.39, 0.29) is 5.75 Å². The summed E-state index contributed by atoms with van der Waals surface area (Å²) < 4.78 is 45.4. The molecule has 0 aliphatic rings. The summed E-state index contributed by atoms with van der Waals surface area (Å²) in [6, 6.07) is 3.90. The van der Waals surface area contributed by atoms with E-state index in [0.29, 0.717) is 6.07 Å². The normalized spacial score (nSPS) is 10.7. The van der Waals surface area contributed by atoms with Crippen LogP contribution in [0.25, 0.3) is 0 Å². The van der Waals surface area contributed by atoms with Gasteiger partial charge in [0.05, 0.1) is 11.8 Å². The molecule has 3 nitrogen and oxygen atoms in total. The summed E-state index contributed by atoms with van der Waals surface area (Å²) in [6.07, 6.45) is -4.81. The zero-order valence-electron chi connectivity index (χ0n) is 7.95. The number of hydrogen-bond acceptors (Lipinski definition) is 3. The lowest BCUT2D eigenvalue weighted by atomic mass is 10.2. The molecular weight excluding hydrogens is 225 g/mol. The first kappa shape index (κ1) is 12.1. The molecule has 86 valence electrons. The molecular formula is C10H7F3O3. The molecule has 1 rings (SSSR count). The smallest absolute Gasteiger partial charge is 0.403 e. The average Bonchev–Trinajstić information content (AvgIpc) is 2.17. The second-order valence-electron chi connectivity index (χ2n) is 2.66. The molecule has 0 amide bonds. The van der Waals surface area contributed by atoms with Crippen LogP contribution in [0.5, 0.6) is 5.75 Å². The van der Waals surface area contributed by atoms with Crippen molar-refractivity contribution >= 4 is 6.16 Å². The molecule has 0 N–H and O–H groups in total. The Morgan fingerprint density at radius 3 is 2.62 bits per heavy atom. The third-order valence-electron chi connectivity index (χ3n) is 1.54. The summed E-state index contributed by atoms with van der Waals surface area (Å²) in [5, 5.41) is 0. The Morgan fingerprint density at radius 2 is 2.06 bits per heavy atom. The van der Waals surface area contributed by atoms with Gasteiger partial charge in [0, 0.05) is 0 Å². The van der Waals surface area contributed by atoms with Crippen molar-refractivity contribution in [3.05, 3.63) is 42.7 Å². The Bertz CT molecular complexity index is 399. The third-order valence-corrected chi connectivity index (χ3v) is 1.54. The van der Waals surface area contributed by atoms with Crippen LogP contribution >= 0.6 is 0 Å². The maximum Gasteiger partial charge on any atom is 0.518 e. The Hall–Kier alpha value is -1.98. The van der Waals surface area contributed by atoms with Gasteiger partial charge < -0.3 is 9.47 Å². The van der Waals surface area contributed by atoms with Gasteiger partial charge in [0.2, 0.25) is 0 Å². The van der Waals surface area contributed by atoms with E-state index in [1.165, 1.54) is 6.07 Å². The molecule has 0 aromatic heterocycles. The predicted octanol–water partition coefficient (Wildman–Crippen LogP) is 3.36. The van der Waals surface area contributed by atoms with Crippen molar-refractivity contribution in [3.63, 3.8) is 0 Å². The second kappa shape index (κ2) is 4.69. The van der Waals surface area contributed by atoms with Crippen LogP contribution in [0.1, 0.15) is 5.56 Å². The maximum atomic E-state index is 12.3. The van der Waals surface area contributed by atoms with Crippen molar-refractivity contribution in [3.8, 4) is 5.75 Å². The van der Waals surface area contributed by atoms with Crippen LogP contribution < -0.4 is 4.74 Å². The fourth-order valence-corrected chi connectivity index (χ4v) is 0.924. The molecule has 0 saturated carbocycles. The Kier molecular flexibility index (Phi) is 3.55. The van der Waals surface area contributed by atoms with Crippen molar-refractivity contribution in [2.75, 3.05) is 0 Å². The molecule has 0 saturated heterocycles. The molecule has 0 aliphatic carbocycles. The summed E-state index contributed by atoms with van der Waals surface area (Å²) in [5.74, 6) is -0.248. The molecule has 0 aliphatic heterocycles. The number of rotatable bonds is 2. The first-order valence-corrected chi connectivity index (χ1v) is 4.10. The lowest BCUT2D eigenvalue weighted by Crippen LogP contribution is -2.09. The maximum absolute atomic E-state index is 12.3. The monoisotopic (exact) mass is 232 g/mol. The summed E-state index contributed by atoms with van der Waals surface area (Å²) in [7, 11) is 0. The van der Waals surface area contributed by atoms with Gasteiger partial charge >= 0.3 is 12.3 Å². The van der Waals surface area contributed by atoms with Gasteiger partial charge in [-0.15, -0.1) is 0 Å². The summed E-state index contributed by atoms with van der Waals surface area (Å²) in [6.45, 7) is 3.10. The first-order valence-electron chi connectivity index (χ1n) is 4.10. The highest BCUT2D eigenvalue weighted by Gasteiger charge is 2.30. The summed E-state index contributed by atoms with van der Waals surface area (Å²) in [5.41, 5.74) is -0.906. The fraction of sp³-hybridized carbons (Fsp3) is 0.100. The van der Waals surface area contributed by atoms with E-state index in [1.54, 1.807) is 0 Å². The molecule has 16 heavy (non-hydrogen) atoms. The number of ether oxygens (including phenoxy) is 2. The van der Waals surface area contributed by atoms with Crippen LogP contribution in [0.15, 0.2) is 37.1 Å². The van der Waals surface area contributed by atoms with Crippen LogP contribution in [-0.4, -0.2) is 6.16 Å². The number of carbonyl (C=O) groups excluding carboxylic acids is 1. The molecule has 1 aromatic rings. The minimum absolute atomic E-state index is 0.248. The van der Waals surface area contributed by atoms with Gasteiger partial charge in [-0.2, -0.15) is 13.2 Å². The molecule has 6 heteroatoms. The highest BCUT2D eigenvalue weighted by molar-refractivity contribution is 5.64. The van der Waals surface area contributed by atoms with E-state index in [4.69, 9.17) is 0 Å². The molecule has 0 bridgehead atoms. The summed E-state index contributed by atoms with van der Waals surface area (Å²) >= 11 is 0. The fourth-order valence-electron chi connectivity index (χ4n) is 0.924. The largest absolute Gasteiger partial charge is 0.518 e.